The third kappa shape index (κ3) is 2.50. The van der Waals surface area contributed by atoms with Crippen LogP contribution in [0.2, 0.25) is 0 Å². The number of nitrogen functional groups attached to an aromatic ring is 1. The second-order valence-electron chi connectivity index (χ2n) is 4.42. The molecule has 1 fully saturated rings. The first-order valence-electron chi connectivity index (χ1n) is 5.68. The van der Waals surface area contributed by atoms with Gasteiger partial charge in [-0.1, -0.05) is 0 Å². The van der Waals surface area contributed by atoms with Crippen molar-refractivity contribution in [2.45, 2.75) is 25.4 Å². The first-order chi connectivity index (χ1) is 8.08. The summed E-state index contributed by atoms with van der Waals surface area (Å²) in [7, 11) is 0. The van der Waals surface area contributed by atoms with Gasteiger partial charge in [-0.05, 0) is 37.6 Å². The predicted molar refractivity (Wildman–Crippen MR) is 65.1 cm³/mol. The van der Waals surface area contributed by atoms with Crippen LogP contribution in [0, 0.1) is 0 Å². The van der Waals surface area contributed by atoms with E-state index in [9.17, 15) is 9.90 Å². The van der Waals surface area contributed by atoms with Gasteiger partial charge in [0.05, 0.1) is 6.04 Å². The van der Waals surface area contributed by atoms with Crippen LogP contribution in [0.15, 0.2) is 18.2 Å². The van der Waals surface area contributed by atoms with Crippen LogP contribution < -0.4 is 11.5 Å². The third-order valence-electron chi connectivity index (χ3n) is 3.17. The highest BCUT2D eigenvalue weighted by Gasteiger charge is 2.29. The third-order valence-corrected chi connectivity index (χ3v) is 3.17. The lowest BCUT2D eigenvalue weighted by atomic mass is 10.1. The van der Waals surface area contributed by atoms with Gasteiger partial charge in [-0.25, -0.2) is 0 Å². The molecular formula is C12H17N3O2. The number of nitrogens with two attached hydrogens (primary N) is 2. The zero-order valence-electron chi connectivity index (χ0n) is 9.60. The number of phenolic OH excluding ortho intramolecular Hbond substituents is 1. The molecule has 17 heavy (non-hydrogen) atoms. The van der Waals surface area contributed by atoms with E-state index in [2.05, 4.69) is 0 Å². The number of amides is 1. The van der Waals surface area contributed by atoms with Crippen molar-refractivity contribution in [3.8, 4) is 5.75 Å². The summed E-state index contributed by atoms with van der Waals surface area (Å²) in [5.41, 5.74) is 12.4. The summed E-state index contributed by atoms with van der Waals surface area (Å²) in [6, 6.07) is 4.72. The highest BCUT2D eigenvalue weighted by atomic mass is 16.3. The van der Waals surface area contributed by atoms with Gasteiger partial charge < -0.3 is 16.6 Å². The van der Waals surface area contributed by atoms with Crippen LogP contribution in [-0.4, -0.2) is 28.5 Å². The minimum Gasteiger partial charge on any atom is -0.508 e. The molecule has 2 rings (SSSR count). The quantitative estimate of drug-likeness (QED) is 0.523. The largest absolute Gasteiger partial charge is 0.508 e. The molecule has 1 heterocycles. The van der Waals surface area contributed by atoms with Crippen molar-refractivity contribution in [1.29, 1.82) is 0 Å². The summed E-state index contributed by atoms with van der Waals surface area (Å²) in [5.74, 6) is -0.0970. The molecule has 1 aromatic carbocycles. The Balaban J connectivity index is 2.15. The number of anilines is 1. The minimum atomic E-state index is -0.300. The Hall–Kier alpha value is -1.75. The molecule has 1 atom stereocenters. The maximum Gasteiger partial charge on any atom is 0.234 e. The van der Waals surface area contributed by atoms with E-state index in [0.717, 1.165) is 24.9 Å². The molecule has 5 heteroatoms. The zero-order valence-corrected chi connectivity index (χ0v) is 9.60. The molecule has 1 amide bonds. The van der Waals surface area contributed by atoms with Gasteiger partial charge >= 0.3 is 0 Å². The predicted octanol–water partition coefficient (Wildman–Crippen LogP) is 0.424. The number of likely N-dealkylation sites (tertiary alicyclic amines) is 1. The number of primary amides is 1. The monoisotopic (exact) mass is 235 g/mol. The highest BCUT2D eigenvalue weighted by Crippen LogP contribution is 2.25. The first kappa shape index (κ1) is 11.7. The van der Waals surface area contributed by atoms with E-state index in [1.54, 1.807) is 18.2 Å². The number of carbonyl (C=O) groups excluding carboxylic acids is 1. The van der Waals surface area contributed by atoms with Gasteiger partial charge in [0.2, 0.25) is 5.91 Å². The van der Waals surface area contributed by atoms with Crippen molar-refractivity contribution in [2.75, 3.05) is 12.3 Å². The van der Waals surface area contributed by atoms with Crippen LogP contribution in [0.5, 0.6) is 5.75 Å². The number of aromatic hydroxyl groups is 1. The van der Waals surface area contributed by atoms with E-state index < -0.39 is 0 Å². The number of hydrogen-bond acceptors (Lipinski definition) is 4. The zero-order chi connectivity index (χ0) is 12.4. The van der Waals surface area contributed by atoms with Crippen LogP contribution in [0.4, 0.5) is 5.69 Å². The normalized spacial score (nSPS) is 20.6. The molecule has 1 aliphatic heterocycles. The highest BCUT2D eigenvalue weighted by molar-refractivity contribution is 5.80. The number of benzene rings is 1. The summed E-state index contributed by atoms with van der Waals surface area (Å²) in [5, 5.41) is 9.72. The fourth-order valence-electron chi connectivity index (χ4n) is 2.29. The smallest absolute Gasteiger partial charge is 0.234 e. The Morgan fingerprint density at radius 1 is 1.53 bits per heavy atom. The van der Waals surface area contributed by atoms with Crippen LogP contribution in [0.3, 0.4) is 0 Å². The summed E-state index contributed by atoms with van der Waals surface area (Å²) in [6.07, 6.45) is 1.75. The molecule has 0 saturated carbocycles. The summed E-state index contributed by atoms with van der Waals surface area (Å²) in [4.78, 5) is 13.2. The molecule has 0 bridgehead atoms. The Kier molecular flexibility index (Phi) is 3.19. The van der Waals surface area contributed by atoms with Gasteiger partial charge in [-0.2, -0.15) is 0 Å². The van der Waals surface area contributed by atoms with Gasteiger partial charge in [-0.15, -0.1) is 0 Å². The molecule has 0 radical (unpaired) electrons. The molecular weight excluding hydrogens is 218 g/mol. The number of rotatable bonds is 3. The van der Waals surface area contributed by atoms with Gasteiger partial charge in [0.1, 0.15) is 5.75 Å². The minimum absolute atomic E-state index is 0.203. The van der Waals surface area contributed by atoms with Crippen LogP contribution in [0.1, 0.15) is 18.4 Å². The van der Waals surface area contributed by atoms with Gasteiger partial charge in [0.25, 0.3) is 0 Å². The number of phenols is 1. The van der Waals surface area contributed by atoms with E-state index in [1.165, 1.54) is 0 Å². The summed E-state index contributed by atoms with van der Waals surface area (Å²) in [6.45, 7) is 1.33. The number of hydrogen-bond donors (Lipinski definition) is 3. The maximum absolute atomic E-state index is 11.2. The standard InChI is InChI=1S/C12H17N3O2/c13-9-3-4-11(16)8(6-9)7-15-5-1-2-10(15)12(14)17/h3-4,6,10,16H,1-2,5,7,13H2,(H2,14,17). The van der Waals surface area contributed by atoms with E-state index in [1.807, 2.05) is 4.90 Å². The van der Waals surface area contributed by atoms with Gasteiger partial charge in [0, 0.05) is 17.8 Å². The summed E-state index contributed by atoms with van der Waals surface area (Å²) >= 11 is 0. The number of carbonyl (C=O) groups is 1. The Labute approximate surface area is 100 Å². The molecule has 0 aliphatic carbocycles. The van der Waals surface area contributed by atoms with E-state index in [-0.39, 0.29) is 17.7 Å². The van der Waals surface area contributed by atoms with Crippen molar-refractivity contribution in [2.24, 2.45) is 5.73 Å². The molecule has 1 saturated heterocycles. The molecule has 5 N–H and O–H groups in total. The molecule has 1 aromatic rings. The van der Waals surface area contributed by atoms with Crippen molar-refractivity contribution >= 4 is 11.6 Å². The van der Waals surface area contributed by atoms with Crippen LogP contribution in [0.25, 0.3) is 0 Å². The van der Waals surface area contributed by atoms with E-state index in [0.29, 0.717) is 12.2 Å². The van der Waals surface area contributed by atoms with Crippen LogP contribution >= 0.6 is 0 Å². The lowest BCUT2D eigenvalue weighted by Gasteiger charge is -2.22. The maximum atomic E-state index is 11.2. The molecule has 1 unspecified atom stereocenters. The Bertz CT molecular complexity index is 434. The first-order valence-corrected chi connectivity index (χ1v) is 5.68. The van der Waals surface area contributed by atoms with Gasteiger partial charge in [-0.3, -0.25) is 9.69 Å². The lowest BCUT2D eigenvalue weighted by molar-refractivity contribution is -0.122. The summed E-state index contributed by atoms with van der Waals surface area (Å²) < 4.78 is 0. The SMILES string of the molecule is NC(=O)C1CCCN1Cc1cc(N)ccc1O. The fraction of sp³-hybridized carbons (Fsp3) is 0.417. The van der Waals surface area contributed by atoms with Crippen molar-refractivity contribution in [3.63, 3.8) is 0 Å². The molecule has 92 valence electrons. The van der Waals surface area contributed by atoms with Gasteiger partial charge in [0.15, 0.2) is 0 Å². The van der Waals surface area contributed by atoms with Crippen molar-refractivity contribution < 1.29 is 9.90 Å². The topological polar surface area (TPSA) is 92.6 Å². The van der Waals surface area contributed by atoms with E-state index >= 15 is 0 Å². The lowest BCUT2D eigenvalue weighted by Crippen LogP contribution is -2.39. The molecule has 5 nitrogen and oxygen atoms in total. The van der Waals surface area contributed by atoms with Crippen molar-refractivity contribution in [3.05, 3.63) is 23.8 Å². The Morgan fingerprint density at radius 2 is 2.29 bits per heavy atom. The van der Waals surface area contributed by atoms with Crippen molar-refractivity contribution in [1.82, 2.24) is 4.90 Å². The number of nitrogens with zero attached hydrogens (tertiary/aromatic N) is 1. The molecule has 0 aromatic heterocycles. The Morgan fingerprint density at radius 3 is 3.00 bits per heavy atom. The average Bonchev–Trinajstić information content (AvgIpc) is 2.71. The average molecular weight is 235 g/mol. The fourth-order valence-corrected chi connectivity index (χ4v) is 2.29. The second-order valence-corrected chi connectivity index (χ2v) is 4.42. The van der Waals surface area contributed by atoms with Crippen LogP contribution in [-0.2, 0) is 11.3 Å². The molecule has 1 aliphatic rings. The molecule has 0 spiro atoms. The second kappa shape index (κ2) is 4.63. The van der Waals surface area contributed by atoms with E-state index in [4.69, 9.17) is 11.5 Å².